The Morgan fingerprint density at radius 1 is 0.967 bits per heavy atom. The molecule has 0 saturated heterocycles. The summed E-state index contributed by atoms with van der Waals surface area (Å²) < 4.78 is 0. The summed E-state index contributed by atoms with van der Waals surface area (Å²) in [6, 6.07) is 0. The van der Waals surface area contributed by atoms with E-state index in [1.54, 1.807) is 0 Å². The highest BCUT2D eigenvalue weighted by Crippen LogP contribution is 2.72. The fourth-order valence-corrected chi connectivity index (χ4v) is 9.13. The number of fused-ring (bicyclic) bond motifs is 5. The highest BCUT2D eigenvalue weighted by Gasteiger charge is 2.66. The molecule has 2 nitrogen and oxygen atoms in total. The lowest BCUT2D eigenvalue weighted by Gasteiger charge is -2.63. The second-order valence-corrected chi connectivity index (χ2v) is 12.8. The van der Waals surface area contributed by atoms with E-state index in [4.69, 9.17) is 0 Å². The van der Waals surface area contributed by atoms with Crippen LogP contribution < -0.4 is 0 Å². The molecule has 0 amide bonds. The molecule has 0 bridgehead atoms. The second kappa shape index (κ2) is 8.22. The van der Waals surface area contributed by atoms with Crippen molar-refractivity contribution in [2.45, 2.75) is 105 Å². The average Bonchev–Trinajstić information content (AvgIpc) is 3.01. The van der Waals surface area contributed by atoms with Crippen LogP contribution in [0.2, 0.25) is 0 Å². The molecule has 30 heavy (non-hydrogen) atoms. The van der Waals surface area contributed by atoms with Gasteiger partial charge >= 0.3 is 0 Å². The van der Waals surface area contributed by atoms with Crippen LogP contribution in [-0.2, 0) is 0 Å². The summed E-state index contributed by atoms with van der Waals surface area (Å²) in [5.41, 5.74) is 0.637. The third-order valence-electron chi connectivity index (χ3n) is 11.1. The zero-order valence-electron chi connectivity index (χ0n) is 20.4. The summed E-state index contributed by atoms with van der Waals surface area (Å²) in [7, 11) is 0. The van der Waals surface area contributed by atoms with E-state index < -0.39 is 0 Å². The molecule has 3 fully saturated rings. The quantitative estimate of drug-likeness (QED) is 0.478. The number of aliphatic hydroxyl groups excluding tert-OH is 2. The molecule has 3 saturated carbocycles. The van der Waals surface area contributed by atoms with Gasteiger partial charge in [-0.25, -0.2) is 0 Å². The summed E-state index contributed by atoms with van der Waals surface area (Å²) >= 11 is 0. The third-order valence-corrected chi connectivity index (χ3v) is 11.1. The fourth-order valence-electron chi connectivity index (χ4n) is 9.13. The molecule has 0 aromatic rings. The van der Waals surface area contributed by atoms with Gasteiger partial charge in [0.2, 0.25) is 0 Å². The first-order valence-electron chi connectivity index (χ1n) is 13.1. The van der Waals surface area contributed by atoms with E-state index in [9.17, 15) is 10.2 Å². The van der Waals surface area contributed by atoms with E-state index in [0.717, 1.165) is 37.0 Å². The van der Waals surface area contributed by atoms with Crippen LogP contribution in [0.25, 0.3) is 0 Å². The molecule has 0 aliphatic heterocycles. The zero-order valence-corrected chi connectivity index (χ0v) is 20.4. The summed E-state index contributed by atoms with van der Waals surface area (Å²) in [5, 5.41) is 21.2. The van der Waals surface area contributed by atoms with E-state index >= 15 is 0 Å². The maximum Gasteiger partial charge on any atom is 0.0546 e. The Labute approximate surface area is 185 Å². The van der Waals surface area contributed by atoms with Gasteiger partial charge in [-0.15, -0.1) is 0 Å². The average molecular weight is 417 g/mol. The fraction of sp³-hybridized carbons (Fsp3) is 0.929. The highest BCUT2D eigenvalue weighted by atomic mass is 16.3. The molecule has 0 radical (unpaired) electrons. The van der Waals surface area contributed by atoms with E-state index in [0.29, 0.717) is 29.8 Å². The maximum atomic E-state index is 11.0. The normalized spacial score (nSPS) is 48.9. The number of hydrogen-bond acceptors (Lipinski definition) is 2. The van der Waals surface area contributed by atoms with Crippen molar-refractivity contribution in [3.8, 4) is 0 Å². The first-order chi connectivity index (χ1) is 14.2. The topological polar surface area (TPSA) is 40.5 Å². The molecule has 2 heteroatoms. The van der Waals surface area contributed by atoms with Gasteiger partial charge < -0.3 is 10.2 Å². The van der Waals surface area contributed by atoms with E-state index in [2.05, 4.69) is 46.8 Å². The van der Waals surface area contributed by atoms with Gasteiger partial charge in [-0.1, -0.05) is 66.0 Å². The van der Waals surface area contributed by atoms with Crippen LogP contribution in [0.15, 0.2) is 12.2 Å². The number of allylic oxidation sites excluding steroid dienone is 2. The van der Waals surface area contributed by atoms with Crippen molar-refractivity contribution in [2.75, 3.05) is 6.61 Å². The summed E-state index contributed by atoms with van der Waals surface area (Å²) in [6.45, 7) is 12.6. The second-order valence-electron chi connectivity index (χ2n) is 12.8. The molecule has 4 rings (SSSR count). The van der Waals surface area contributed by atoms with Crippen LogP contribution in [0.1, 0.15) is 98.8 Å². The first-order valence-corrected chi connectivity index (χ1v) is 13.1. The van der Waals surface area contributed by atoms with E-state index in [1.807, 2.05) is 0 Å². The van der Waals surface area contributed by atoms with Gasteiger partial charge in [0.15, 0.2) is 0 Å². The largest absolute Gasteiger partial charge is 0.396 e. The minimum absolute atomic E-state index is 0.0629. The van der Waals surface area contributed by atoms with Gasteiger partial charge in [0.25, 0.3) is 0 Å². The first kappa shape index (κ1) is 22.8. The molecular weight excluding hydrogens is 368 g/mol. The predicted octanol–water partition coefficient (Wildman–Crippen LogP) is 6.61. The Balaban J connectivity index is 1.59. The van der Waals surface area contributed by atoms with Crippen molar-refractivity contribution in [2.24, 2.45) is 51.8 Å². The van der Waals surface area contributed by atoms with Gasteiger partial charge in [0.05, 0.1) is 6.10 Å². The molecule has 4 aliphatic carbocycles. The lowest BCUT2D eigenvalue weighted by atomic mass is 9.41. The summed E-state index contributed by atoms with van der Waals surface area (Å²) in [4.78, 5) is 0. The third kappa shape index (κ3) is 3.35. The molecule has 172 valence electrons. The molecule has 2 unspecified atom stereocenters. The van der Waals surface area contributed by atoms with Crippen molar-refractivity contribution >= 4 is 0 Å². The van der Waals surface area contributed by atoms with Crippen LogP contribution >= 0.6 is 0 Å². The lowest BCUT2D eigenvalue weighted by molar-refractivity contribution is -0.147. The summed E-state index contributed by atoms with van der Waals surface area (Å²) in [5.74, 6) is 4.04. The monoisotopic (exact) mass is 416 g/mol. The summed E-state index contributed by atoms with van der Waals surface area (Å²) in [6.07, 6.45) is 17.1. The molecule has 0 spiro atoms. The van der Waals surface area contributed by atoms with Crippen molar-refractivity contribution in [3.63, 3.8) is 0 Å². The predicted molar refractivity (Wildman–Crippen MR) is 125 cm³/mol. The highest BCUT2D eigenvalue weighted by molar-refractivity contribution is 5.22. The van der Waals surface area contributed by atoms with E-state index in [-0.39, 0.29) is 16.9 Å². The van der Waals surface area contributed by atoms with Gasteiger partial charge in [0.1, 0.15) is 0 Å². The Bertz CT molecular complexity index is 641. The smallest absolute Gasteiger partial charge is 0.0546 e. The van der Waals surface area contributed by atoms with E-state index in [1.165, 1.54) is 44.9 Å². The standard InChI is InChI=1S/C28H48O2/c1-19(2)7-6-8-20(3)23-13-16-28(18-29)25-10-9-21-17-22(30)11-14-26(21,4)24(25)12-15-27(23,28)5/h9-10,19-25,29-30H,6-8,11-18H2,1-5H3/t20-,21?,22?,23-,24+,25-,26+,27-,28-/m1/s1. The van der Waals surface area contributed by atoms with Crippen LogP contribution in [-0.4, -0.2) is 22.9 Å². The minimum atomic E-state index is -0.118. The van der Waals surface area contributed by atoms with Gasteiger partial charge in [-0.3, -0.25) is 0 Å². The molecule has 9 atom stereocenters. The Morgan fingerprint density at radius 2 is 1.73 bits per heavy atom. The van der Waals surface area contributed by atoms with Crippen molar-refractivity contribution in [1.82, 2.24) is 0 Å². The van der Waals surface area contributed by atoms with Crippen molar-refractivity contribution in [1.29, 1.82) is 0 Å². The molecule has 0 aromatic carbocycles. The Kier molecular flexibility index (Phi) is 6.26. The van der Waals surface area contributed by atoms with Gasteiger partial charge in [0, 0.05) is 12.0 Å². The minimum Gasteiger partial charge on any atom is -0.396 e. The molecule has 2 N–H and O–H groups in total. The molecule has 0 heterocycles. The SMILES string of the molecule is CC(C)CCC[C@@H](C)[C@H]1CC[C@@]2(CO)[C@@H]3C=CC4CC(O)CC[C@]4(C)[C@H]3CC[C@]12C. The van der Waals surface area contributed by atoms with Gasteiger partial charge in [-0.2, -0.15) is 0 Å². The molecule has 0 aromatic heterocycles. The lowest BCUT2D eigenvalue weighted by Crippen LogP contribution is -2.58. The Morgan fingerprint density at radius 3 is 2.43 bits per heavy atom. The number of rotatable bonds is 6. The number of aliphatic hydroxyl groups is 2. The van der Waals surface area contributed by atoms with Gasteiger partial charge in [-0.05, 0) is 91.3 Å². The van der Waals surface area contributed by atoms with Crippen molar-refractivity contribution in [3.05, 3.63) is 12.2 Å². The van der Waals surface area contributed by atoms with Crippen molar-refractivity contribution < 1.29 is 10.2 Å². The Hall–Kier alpha value is -0.340. The molecular formula is C28H48O2. The number of hydrogen-bond donors (Lipinski definition) is 2. The zero-order chi connectivity index (χ0) is 21.7. The van der Waals surface area contributed by atoms with Crippen LogP contribution in [0.4, 0.5) is 0 Å². The molecule has 4 aliphatic rings. The van der Waals surface area contributed by atoms with Crippen LogP contribution in [0.3, 0.4) is 0 Å². The van der Waals surface area contributed by atoms with Crippen LogP contribution in [0.5, 0.6) is 0 Å². The van der Waals surface area contributed by atoms with Crippen LogP contribution in [0, 0.1) is 51.8 Å². The maximum absolute atomic E-state index is 11.0.